The van der Waals surface area contributed by atoms with Crippen molar-refractivity contribution in [3.8, 4) is 0 Å². The molecule has 0 radical (unpaired) electrons. The molecule has 26 heavy (non-hydrogen) atoms. The van der Waals surface area contributed by atoms with Gasteiger partial charge in [0, 0.05) is 20.0 Å². The molecule has 1 heterocycles. The lowest BCUT2D eigenvalue weighted by atomic mass is 10.1. The Morgan fingerprint density at radius 3 is 2.38 bits per heavy atom. The summed E-state index contributed by atoms with van der Waals surface area (Å²) in [7, 11) is -1.98. The van der Waals surface area contributed by atoms with Gasteiger partial charge >= 0.3 is 0 Å². The van der Waals surface area contributed by atoms with Crippen LogP contribution in [0.25, 0.3) is 0 Å². The molecule has 142 valence electrons. The number of hydrogen-bond donors (Lipinski definition) is 1. The Balaban J connectivity index is 1.99. The molecule has 0 aliphatic heterocycles. The number of nitrogens with zero attached hydrogens (tertiary/aromatic N) is 1. The number of furan rings is 1. The van der Waals surface area contributed by atoms with E-state index in [2.05, 4.69) is 4.72 Å². The molecule has 0 aliphatic rings. The highest BCUT2D eigenvalue weighted by Crippen LogP contribution is 2.22. The standard InChI is InChI=1S/C19H26N2O4S/c1-13-11-14(2)19(15(3)12-13)26(23,24)20-9-8-18(22)21(5)16(4)17-7-6-10-25-17/h6-7,10-12,16,20H,8-9H2,1-5H3. The maximum Gasteiger partial charge on any atom is 0.241 e. The van der Waals surface area contributed by atoms with Crippen LogP contribution in [0.2, 0.25) is 0 Å². The van der Waals surface area contributed by atoms with Gasteiger partial charge in [0.15, 0.2) is 0 Å². The van der Waals surface area contributed by atoms with Crippen molar-refractivity contribution in [2.24, 2.45) is 0 Å². The average molecular weight is 378 g/mol. The third-order valence-electron chi connectivity index (χ3n) is 4.43. The minimum absolute atomic E-state index is 0.0448. The number of sulfonamides is 1. The maximum atomic E-state index is 12.6. The molecule has 7 heteroatoms. The van der Waals surface area contributed by atoms with Crippen LogP contribution >= 0.6 is 0 Å². The molecule has 1 unspecified atom stereocenters. The summed E-state index contributed by atoms with van der Waals surface area (Å²) in [6.45, 7) is 7.39. The zero-order valence-corrected chi connectivity index (χ0v) is 16.7. The van der Waals surface area contributed by atoms with E-state index < -0.39 is 10.0 Å². The van der Waals surface area contributed by atoms with Crippen LogP contribution in [-0.2, 0) is 14.8 Å². The lowest BCUT2D eigenvalue weighted by molar-refractivity contribution is -0.131. The molecule has 6 nitrogen and oxygen atoms in total. The van der Waals surface area contributed by atoms with Crippen LogP contribution in [0.4, 0.5) is 0 Å². The number of benzene rings is 1. The van der Waals surface area contributed by atoms with Crippen molar-refractivity contribution in [3.05, 3.63) is 53.0 Å². The predicted molar refractivity (Wildman–Crippen MR) is 100 cm³/mol. The van der Waals surface area contributed by atoms with Crippen LogP contribution in [-0.4, -0.2) is 32.8 Å². The van der Waals surface area contributed by atoms with Crippen LogP contribution in [0.1, 0.15) is 41.8 Å². The molecule has 1 amide bonds. The fourth-order valence-electron chi connectivity index (χ4n) is 3.07. The molecule has 0 bridgehead atoms. The number of hydrogen-bond acceptors (Lipinski definition) is 4. The van der Waals surface area contributed by atoms with Crippen LogP contribution in [0.15, 0.2) is 39.8 Å². The third kappa shape index (κ3) is 4.53. The smallest absolute Gasteiger partial charge is 0.241 e. The van der Waals surface area contributed by atoms with Gasteiger partial charge in [-0.2, -0.15) is 0 Å². The molecule has 1 aromatic carbocycles. The van der Waals surface area contributed by atoms with Gasteiger partial charge < -0.3 is 9.32 Å². The average Bonchev–Trinajstić information content (AvgIpc) is 3.06. The van der Waals surface area contributed by atoms with Gasteiger partial charge in [0.05, 0.1) is 17.2 Å². The first-order chi connectivity index (χ1) is 12.1. The molecule has 0 aliphatic carbocycles. The van der Waals surface area contributed by atoms with Crippen molar-refractivity contribution in [3.63, 3.8) is 0 Å². The van der Waals surface area contributed by atoms with E-state index in [9.17, 15) is 13.2 Å². The van der Waals surface area contributed by atoms with Crippen LogP contribution in [0.5, 0.6) is 0 Å². The molecule has 0 saturated heterocycles. The second-order valence-corrected chi connectivity index (χ2v) is 8.28. The molecule has 0 saturated carbocycles. The van der Waals surface area contributed by atoms with Gasteiger partial charge in [-0.05, 0) is 51.0 Å². The number of amides is 1. The lowest BCUT2D eigenvalue weighted by Crippen LogP contribution is -2.34. The second kappa shape index (κ2) is 8.05. The van der Waals surface area contributed by atoms with Gasteiger partial charge in [-0.15, -0.1) is 0 Å². The first kappa shape index (κ1) is 20.2. The van der Waals surface area contributed by atoms with Crippen molar-refractivity contribution in [1.82, 2.24) is 9.62 Å². The fourth-order valence-corrected chi connectivity index (χ4v) is 4.55. The summed E-state index contributed by atoms with van der Waals surface area (Å²) >= 11 is 0. The number of nitrogens with one attached hydrogen (secondary N) is 1. The molecular formula is C19H26N2O4S. The minimum atomic E-state index is -3.66. The summed E-state index contributed by atoms with van der Waals surface area (Å²) in [6, 6.07) is 7.04. The Kier molecular flexibility index (Phi) is 6.26. The second-order valence-electron chi connectivity index (χ2n) is 6.57. The summed E-state index contributed by atoms with van der Waals surface area (Å²) in [5.41, 5.74) is 2.41. The third-order valence-corrected chi connectivity index (χ3v) is 6.20. The molecule has 2 rings (SSSR count). The number of carbonyl (C=O) groups excluding carboxylic acids is 1. The maximum absolute atomic E-state index is 12.6. The summed E-state index contributed by atoms with van der Waals surface area (Å²) in [5, 5.41) is 0. The largest absolute Gasteiger partial charge is 0.467 e. The van der Waals surface area contributed by atoms with E-state index in [0.29, 0.717) is 16.9 Å². The van der Waals surface area contributed by atoms with Crippen molar-refractivity contribution in [1.29, 1.82) is 0 Å². The van der Waals surface area contributed by atoms with Gasteiger partial charge in [0.25, 0.3) is 0 Å². The van der Waals surface area contributed by atoms with Crippen molar-refractivity contribution in [2.75, 3.05) is 13.6 Å². The Morgan fingerprint density at radius 1 is 1.23 bits per heavy atom. The number of aryl methyl sites for hydroxylation is 3. The summed E-state index contributed by atoms with van der Waals surface area (Å²) < 4.78 is 33.1. The van der Waals surface area contributed by atoms with Gasteiger partial charge in [-0.3, -0.25) is 4.79 Å². The highest BCUT2D eigenvalue weighted by atomic mass is 32.2. The zero-order chi connectivity index (χ0) is 19.5. The SMILES string of the molecule is Cc1cc(C)c(S(=O)(=O)NCCC(=O)N(C)C(C)c2ccco2)c(C)c1. The first-order valence-electron chi connectivity index (χ1n) is 8.50. The Hall–Kier alpha value is -2.12. The molecule has 0 spiro atoms. The summed E-state index contributed by atoms with van der Waals surface area (Å²) in [5.74, 6) is 0.529. The Bertz CT molecular complexity index is 850. The van der Waals surface area contributed by atoms with Crippen molar-refractivity contribution in [2.45, 2.75) is 45.1 Å². The minimum Gasteiger partial charge on any atom is -0.467 e. The van der Waals surface area contributed by atoms with Crippen molar-refractivity contribution < 1.29 is 17.6 Å². The molecule has 1 N–H and O–H groups in total. The van der Waals surface area contributed by atoms with Gasteiger partial charge in [0.2, 0.25) is 15.9 Å². The zero-order valence-electron chi connectivity index (χ0n) is 15.9. The van der Waals surface area contributed by atoms with E-state index >= 15 is 0 Å². The van der Waals surface area contributed by atoms with E-state index in [0.717, 1.165) is 5.56 Å². The molecular weight excluding hydrogens is 352 g/mol. The first-order valence-corrected chi connectivity index (χ1v) is 9.98. The van der Waals surface area contributed by atoms with Gasteiger partial charge in [-0.1, -0.05) is 17.7 Å². The fraction of sp³-hybridized carbons (Fsp3) is 0.421. The van der Waals surface area contributed by atoms with E-state index in [4.69, 9.17) is 4.42 Å². The number of rotatable bonds is 7. The van der Waals surface area contributed by atoms with Crippen LogP contribution in [0, 0.1) is 20.8 Å². The molecule has 1 aromatic heterocycles. The monoisotopic (exact) mass is 378 g/mol. The highest BCUT2D eigenvalue weighted by Gasteiger charge is 2.22. The topological polar surface area (TPSA) is 79.6 Å². The summed E-state index contributed by atoms with van der Waals surface area (Å²) in [6.07, 6.45) is 1.63. The van der Waals surface area contributed by atoms with E-state index in [1.165, 1.54) is 0 Å². The summed E-state index contributed by atoms with van der Waals surface area (Å²) in [4.78, 5) is 14.2. The van der Waals surface area contributed by atoms with Crippen LogP contribution in [0.3, 0.4) is 0 Å². The van der Waals surface area contributed by atoms with Crippen LogP contribution < -0.4 is 4.72 Å². The van der Waals surface area contributed by atoms with E-state index in [1.807, 2.05) is 26.0 Å². The molecule has 2 aromatic rings. The normalized spacial score (nSPS) is 12.8. The van der Waals surface area contributed by atoms with Crippen molar-refractivity contribution >= 4 is 15.9 Å². The Labute approximate surface area is 155 Å². The van der Waals surface area contributed by atoms with E-state index in [-0.39, 0.29) is 29.8 Å². The Morgan fingerprint density at radius 2 is 1.85 bits per heavy atom. The lowest BCUT2D eigenvalue weighted by Gasteiger charge is -2.23. The van der Waals surface area contributed by atoms with Gasteiger partial charge in [-0.25, -0.2) is 13.1 Å². The quantitative estimate of drug-likeness (QED) is 0.803. The highest BCUT2D eigenvalue weighted by molar-refractivity contribution is 7.89. The molecule has 1 atom stereocenters. The van der Waals surface area contributed by atoms with Gasteiger partial charge in [0.1, 0.15) is 5.76 Å². The van der Waals surface area contributed by atoms with E-state index in [1.54, 1.807) is 44.2 Å². The molecule has 0 fully saturated rings. The predicted octanol–water partition coefficient (Wildman–Crippen LogP) is 3.09. The number of carbonyl (C=O) groups is 1.